The Labute approximate surface area is 197 Å². The summed E-state index contributed by atoms with van der Waals surface area (Å²) in [6.45, 7) is 4.13. The van der Waals surface area contributed by atoms with E-state index in [1.807, 2.05) is 30.3 Å². The van der Waals surface area contributed by atoms with Crippen LogP contribution in [0.25, 0.3) is 5.69 Å². The number of rotatable bonds is 6. The molecule has 0 aliphatic carbocycles. The molecule has 0 saturated carbocycles. The number of halogens is 1. The maximum atomic E-state index is 13.1. The summed E-state index contributed by atoms with van der Waals surface area (Å²) < 4.78 is 16.3. The highest BCUT2D eigenvalue weighted by Crippen LogP contribution is 2.18. The smallest absolute Gasteiger partial charge is 0.295 e. The molecule has 1 aliphatic heterocycles. The van der Waals surface area contributed by atoms with Gasteiger partial charge in [-0.1, -0.05) is 18.2 Å². The molecule has 0 unspecified atom stereocenters. The fourth-order valence-corrected chi connectivity index (χ4v) is 4.16. The molecule has 1 aliphatic rings. The number of hydrogen-bond donors (Lipinski definition) is 1. The summed E-state index contributed by atoms with van der Waals surface area (Å²) in [7, 11) is 1.76. The van der Waals surface area contributed by atoms with Crippen molar-refractivity contribution in [1.82, 2.24) is 14.3 Å². The first-order valence-electron chi connectivity index (χ1n) is 11.3. The molecular formula is C25H28FN5O3. The van der Waals surface area contributed by atoms with Crippen LogP contribution in [0.5, 0.6) is 0 Å². The number of nitrogens with one attached hydrogen (secondary N) is 1. The summed E-state index contributed by atoms with van der Waals surface area (Å²) in [5, 5.41) is 2.70. The van der Waals surface area contributed by atoms with Gasteiger partial charge in [0, 0.05) is 51.8 Å². The van der Waals surface area contributed by atoms with Crippen molar-refractivity contribution in [3.8, 4) is 5.69 Å². The second kappa shape index (κ2) is 9.94. The van der Waals surface area contributed by atoms with Gasteiger partial charge in [-0.2, -0.15) is 0 Å². The lowest BCUT2D eigenvalue weighted by atomic mass is 10.2. The van der Waals surface area contributed by atoms with Crippen LogP contribution in [0.4, 0.5) is 15.8 Å². The van der Waals surface area contributed by atoms with E-state index in [2.05, 4.69) is 10.2 Å². The van der Waals surface area contributed by atoms with Crippen molar-refractivity contribution in [3.05, 3.63) is 76.5 Å². The molecule has 2 heterocycles. The van der Waals surface area contributed by atoms with Crippen LogP contribution in [-0.4, -0.2) is 52.3 Å². The van der Waals surface area contributed by atoms with E-state index in [-0.39, 0.29) is 41.7 Å². The van der Waals surface area contributed by atoms with Crippen LogP contribution in [0, 0.1) is 12.7 Å². The summed E-state index contributed by atoms with van der Waals surface area (Å²) in [6, 6.07) is 15.5. The Morgan fingerprint density at radius 1 is 0.912 bits per heavy atom. The second-order valence-corrected chi connectivity index (χ2v) is 8.33. The molecular weight excluding hydrogens is 437 g/mol. The molecule has 0 atom stereocenters. The van der Waals surface area contributed by atoms with E-state index in [9.17, 15) is 18.8 Å². The van der Waals surface area contributed by atoms with Crippen molar-refractivity contribution in [3.63, 3.8) is 0 Å². The number of hydrogen-bond acceptors (Lipinski definition) is 4. The lowest BCUT2D eigenvalue weighted by Crippen LogP contribution is -2.48. The zero-order valence-electron chi connectivity index (χ0n) is 19.3. The minimum absolute atomic E-state index is 0.00385. The number of anilines is 2. The van der Waals surface area contributed by atoms with Gasteiger partial charge in [-0.15, -0.1) is 0 Å². The molecule has 3 aromatic rings. The molecule has 9 heteroatoms. The Bertz CT molecular complexity index is 1230. The van der Waals surface area contributed by atoms with Gasteiger partial charge in [0.05, 0.1) is 11.4 Å². The number of nitrogens with zero attached hydrogens (tertiary/aromatic N) is 4. The maximum absolute atomic E-state index is 13.1. The fraction of sp³-hybridized carbons (Fsp3) is 0.320. The zero-order valence-corrected chi connectivity index (χ0v) is 19.3. The molecule has 178 valence electrons. The van der Waals surface area contributed by atoms with Crippen molar-refractivity contribution in [2.75, 3.05) is 36.4 Å². The molecule has 2 amide bonds. The van der Waals surface area contributed by atoms with E-state index in [4.69, 9.17) is 0 Å². The summed E-state index contributed by atoms with van der Waals surface area (Å²) in [6.07, 6.45) is 0.0667. The molecule has 8 nitrogen and oxygen atoms in total. The molecule has 1 N–H and O–H groups in total. The summed E-state index contributed by atoms with van der Waals surface area (Å²) in [5.74, 6) is -0.745. The summed E-state index contributed by atoms with van der Waals surface area (Å²) >= 11 is 0. The monoisotopic (exact) mass is 465 g/mol. The summed E-state index contributed by atoms with van der Waals surface area (Å²) in [4.78, 5) is 41.9. The number of carbonyl (C=O) groups excluding carboxylic acids is 2. The molecule has 1 fully saturated rings. The minimum Gasteiger partial charge on any atom is -0.368 e. The van der Waals surface area contributed by atoms with Gasteiger partial charge in [0.2, 0.25) is 11.8 Å². The highest BCUT2D eigenvalue weighted by Gasteiger charge is 2.23. The Morgan fingerprint density at radius 3 is 2.21 bits per heavy atom. The van der Waals surface area contributed by atoms with E-state index in [0.717, 1.165) is 5.69 Å². The largest absolute Gasteiger partial charge is 0.368 e. The van der Waals surface area contributed by atoms with Crippen molar-refractivity contribution >= 4 is 23.2 Å². The molecule has 0 spiro atoms. The number of piperazine rings is 1. The van der Waals surface area contributed by atoms with Crippen molar-refractivity contribution in [2.24, 2.45) is 7.05 Å². The van der Waals surface area contributed by atoms with Crippen LogP contribution >= 0.6 is 0 Å². The van der Waals surface area contributed by atoms with E-state index in [0.29, 0.717) is 37.6 Å². The average Bonchev–Trinajstić information content (AvgIpc) is 3.06. The number of benzene rings is 2. The van der Waals surface area contributed by atoms with Gasteiger partial charge in [-0.25, -0.2) is 9.07 Å². The van der Waals surface area contributed by atoms with Crippen LogP contribution in [0.15, 0.2) is 59.4 Å². The van der Waals surface area contributed by atoms with Crippen LogP contribution in [0.3, 0.4) is 0 Å². The molecule has 0 radical (unpaired) electrons. The highest BCUT2D eigenvalue weighted by atomic mass is 19.1. The topological polar surface area (TPSA) is 79.6 Å². The van der Waals surface area contributed by atoms with Gasteiger partial charge in [0.15, 0.2) is 0 Å². The first-order valence-corrected chi connectivity index (χ1v) is 11.3. The first-order chi connectivity index (χ1) is 16.3. The summed E-state index contributed by atoms with van der Waals surface area (Å²) in [5.41, 5.74) is 2.16. The molecule has 0 bridgehead atoms. The Hall–Kier alpha value is -3.88. The number of amides is 2. The Morgan fingerprint density at radius 2 is 1.56 bits per heavy atom. The lowest BCUT2D eigenvalue weighted by Gasteiger charge is -2.36. The van der Waals surface area contributed by atoms with Gasteiger partial charge in [-0.05, 0) is 43.3 Å². The molecule has 34 heavy (non-hydrogen) atoms. The van der Waals surface area contributed by atoms with E-state index < -0.39 is 0 Å². The number of para-hydroxylation sites is 1. The van der Waals surface area contributed by atoms with Crippen LogP contribution < -0.4 is 15.8 Å². The van der Waals surface area contributed by atoms with Crippen LogP contribution in [0.1, 0.15) is 18.5 Å². The third-order valence-corrected chi connectivity index (χ3v) is 6.21. The van der Waals surface area contributed by atoms with Crippen LogP contribution in [0.2, 0.25) is 0 Å². The fourth-order valence-electron chi connectivity index (χ4n) is 4.16. The minimum atomic E-state index is -0.371. The normalized spacial score (nSPS) is 13.7. The molecule has 1 saturated heterocycles. The Balaban J connectivity index is 1.31. The lowest BCUT2D eigenvalue weighted by molar-refractivity contribution is -0.133. The maximum Gasteiger partial charge on any atom is 0.295 e. The Kier molecular flexibility index (Phi) is 6.81. The molecule has 2 aromatic carbocycles. The quantitative estimate of drug-likeness (QED) is 0.607. The SMILES string of the molecule is Cc1c(NC(=O)CCC(=O)N2CCN(c3ccc(F)cc3)CC2)c(=O)n(-c2ccccc2)n1C. The second-order valence-electron chi connectivity index (χ2n) is 8.33. The predicted molar refractivity (Wildman–Crippen MR) is 129 cm³/mol. The van der Waals surface area contributed by atoms with Crippen LogP contribution in [-0.2, 0) is 16.6 Å². The van der Waals surface area contributed by atoms with E-state index in [1.165, 1.54) is 16.8 Å². The van der Waals surface area contributed by atoms with Gasteiger partial charge < -0.3 is 15.1 Å². The third kappa shape index (κ3) is 4.88. The standard InChI is InChI=1S/C25H28FN5O3/c1-18-24(25(34)31(28(18)2)21-6-4-3-5-7-21)27-22(32)12-13-23(33)30-16-14-29(15-17-30)20-10-8-19(26)9-11-20/h3-11H,12-17H2,1-2H3,(H,27,32). The van der Waals surface area contributed by atoms with E-state index in [1.54, 1.807) is 35.7 Å². The van der Waals surface area contributed by atoms with Crippen molar-refractivity contribution in [2.45, 2.75) is 19.8 Å². The van der Waals surface area contributed by atoms with Gasteiger partial charge >= 0.3 is 0 Å². The van der Waals surface area contributed by atoms with E-state index >= 15 is 0 Å². The van der Waals surface area contributed by atoms with Gasteiger partial charge in [0.1, 0.15) is 11.5 Å². The number of carbonyl (C=O) groups is 2. The first kappa shape index (κ1) is 23.3. The zero-order chi connectivity index (χ0) is 24.2. The highest BCUT2D eigenvalue weighted by molar-refractivity contribution is 5.93. The number of aromatic nitrogens is 2. The van der Waals surface area contributed by atoms with Gasteiger partial charge in [0.25, 0.3) is 5.56 Å². The van der Waals surface area contributed by atoms with Crippen molar-refractivity contribution < 1.29 is 14.0 Å². The predicted octanol–water partition coefficient (Wildman–Crippen LogP) is 2.69. The van der Waals surface area contributed by atoms with Gasteiger partial charge in [-0.3, -0.25) is 19.1 Å². The molecule has 1 aromatic heterocycles. The van der Waals surface area contributed by atoms with Crippen molar-refractivity contribution in [1.29, 1.82) is 0 Å². The molecule has 4 rings (SSSR count). The average molecular weight is 466 g/mol. The third-order valence-electron chi connectivity index (χ3n) is 6.21.